The van der Waals surface area contributed by atoms with Gasteiger partial charge in [0.25, 0.3) is 0 Å². The molecule has 1 aromatic carbocycles. The van der Waals surface area contributed by atoms with Crippen LogP contribution in [0.5, 0.6) is 5.75 Å². The maximum atomic E-state index is 5.87. The molecular formula is C11H14INO. The first kappa shape index (κ1) is 10.2. The highest BCUT2D eigenvalue weighted by Gasteiger charge is 2.18. The lowest BCUT2D eigenvalue weighted by Gasteiger charge is -2.27. The molecule has 1 aliphatic heterocycles. The lowest BCUT2D eigenvalue weighted by atomic mass is 10.1. The summed E-state index contributed by atoms with van der Waals surface area (Å²) in [6.07, 6.45) is 2.68. The molecule has 0 N–H and O–H groups in total. The van der Waals surface area contributed by atoms with Gasteiger partial charge in [0.2, 0.25) is 0 Å². The van der Waals surface area contributed by atoms with Crippen LogP contribution in [0.3, 0.4) is 0 Å². The zero-order valence-corrected chi connectivity index (χ0v) is 10.2. The van der Waals surface area contributed by atoms with E-state index in [0.29, 0.717) is 6.10 Å². The molecule has 0 radical (unpaired) electrons. The van der Waals surface area contributed by atoms with E-state index in [4.69, 9.17) is 4.74 Å². The van der Waals surface area contributed by atoms with Crippen molar-refractivity contribution in [3.63, 3.8) is 0 Å². The van der Waals surface area contributed by atoms with E-state index in [9.17, 15) is 0 Å². The first-order valence-corrected chi connectivity index (χ1v) is 5.93. The Kier molecular flexibility index (Phi) is 3.64. The van der Waals surface area contributed by atoms with E-state index in [0.717, 1.165) is 31.7 Å². The third-order valence-electron chi connectivity index (χ3n) is 2.43. The number of halogens is 1. The first-order chi connectivity index (χ1) is 6.84. The van der Waals surface area contributed by atoms with Crippen molar-refractivity contribution in [3.05, 3.63) is 30.3 Å². The van der Waals surface area contributed by atoms with Crippen LogP contribution in [0.1, 0.15) is 12.8 Å². The van der Waals surface area contributed by atoms with E-state index in [1.165, 1.54) is 0 Å². The van der Waals surface area contributed by atoms with Crippen LogP contribution in [0.4, 0.5) is 0 Å². The second kappa shape index (κ2) is 4.98. The third-order valence-corrected chi connectivity index (χ3v) is 3.40. The van der Waals surface area contributed by atoms with Gasteiger partial charge >= 0.3 is 0 Å². The van der Waals surface area contributed by atoms with Gasteiger partial charge in [0.05, 0.1) is 0 Å². The molecule has 1 aliphatic rings. The van der Waals surface area contributed by atoms with Crippen LogP contribution >= 0.6 is 22.9 Å². The van der Waals surface area contributed by atoms with Gasteiger partial charge in [0.15, 0.2) is 0 Å². The number of benzene rings is 1. The fraction of sp³-hybridized carbons (Fsp3) is 0.455. The van der Waals surface area contributed by atoms with Crippen molar-refractivity contribution in [2.45, 2.75) is 18.9 Å². The molecule has 2 nitrogen and oxygen atoms in total. The second-order valence-corrected chi connectivity index (χ2v) is 4.90. The van der Waals surface area contributed by atoms with Crippen molar-refractivity contribution in [1.29, 1.82) is 0 Å². The molecule has 0 saturated carbocycles. The Hall–Kier alpha value is -0.290. The number of para-hydroxylation sites is 1. The van der Waals surface area contributed by atoms with Crippen LogP contribution in [-0.4, -0.2) is 22.3 Å². The van der Waals surface area contributed by atoms with E-state index >= 15 is 0 Å². The van der Waals surface area contributed by atoms with Gasteiger partial charge < -0.3 is 4.74 Å². The molecule has 1 fully saturated rings. The zero-order chi connectivity index (χ0) is 9.80. The number of piperidine rings is 1. The SMILES string of the molecule is IN1CCC(Oc2ccccc2)CC1. The minimum absolute atomic E-state index is 0.406. The number of hydrogen-bond donors (Lipinski definition) is 0. The maximum Gasteiger partial charge on any atom is 0.119 e. The van der Waals surface area contributed by atoms with Crippen LogP contribution in [-0.2, 0) is 0 Å². The van der Waals surface area contributed by atoms with Crippen molar-refractivity contribution in [3.8, 4) is 5.75 Å². The number of rotatable bonds is 2. The second-order valence-electron chi connectivity index (χ2n) is 3.54. The number of nitrogens with zero attached hydrogens (tertiary/aromatic N) is 1. The molecule has 0 unspecified atom stereocenters. The summed E-state index contributed by atoms with van der Waals surface area (Å²) in [5.41, 5.74) is 0. The van der Waals surface area contributed by atoms with E-state index in [1.54, 1.807) is 0 Å². The van der Waals surface area contributed by atoms with Crippen molar-refractivity contribution in [1.82, 2.24) is 3.11 Å². The first-order valence-electron chi connectivity index (χ1n) is 4.97. The number of ether oxygens (including phenoxy) is 1. The van der Waals surface area contributed by atoms with E-state index in [1.807, 2.05) is 30.3 Å². The van der Waals surface area contributed by atoms with Crippen LogP contribution in [0.15, 0.2) is 30.3 Å². The standard InChI is InChI=1S/C11H14INO/c12-13-8-6-11(7-9-13)14-10-4-2-1-3-5-10/h1-5,11H,6-9H2. The summed E-state index contributed by atoms with van der Waals surface area (Å²) >= 11 is 2.38. The Balaban J connectivity index is 1.87. The summed E-state index contributed by atoms with van der Waals surface area (Å²) in [4.78, 5) is 0. The Labute approximate surface area is 98.7 Å². The fourth-order valence-corrected chi connectivity index (χ4v) is 2.19. The predicted octanol–water partition coefficient (Wildman–Crippen LogP) is 2.88. The van der Waals surface area contributed by atoms with Gasteiger partial charge in [-0.25, -0.2) is 3.11 Å². The average Bonchev–Trinajstić information content (AvgIpc) is 2.23. The highest BCUT2D eigenvalue weighted by Crippen LogP contribution is 2.19. The normalized spacial score (nSPS) is 19.5. The minimum atomic E-state index is 0.406. The van der Waals surface area contributed by atoms with Crippen molar-refractivity contribution in [2.75, 3.05) is 13.1 Å². The van der Waals surface area contributed by atoms with Crippen LogP contribution < -0.4 is 4.74 Å². The monoisotopic (exact) mass is 303 g/mol. The molecule has 3 heteroatoms. The van der Waals surface area contributed by atoms with Gasteiger partial charge in [-0.2, -0.15) is 0 Å². The maximum absolute atomic E-state index is 5.87. The number of hydrogen-bond acceptors (Lipinski definition) is 2. The van der Waals surface area contributed by atoms with E-state index in [-0.39, 0.29) is 0 Å². The van der Waals surface area contributed by atoms with Gasteiger partial charge in [-0.15, -0.1) is 0 Å². The third kappa shape index (κ3) is 2.85. The molecule has 76 valence electrons. The molecule has 2 rings (SSSR count). The lowest BCUT2D eigenvalue weighted by molar-refractivity contribution is 0.144. The highest BCUT2D eigenvalue weighted by atomic mass is 127. The van der Waals surface area contributed by atoms with Crippen LogP contribution in [0.2, 0.25) is 0 Å². The molecule has 1 saturated heterocycles. The molecule has 0 bridgehead atoms. The molecular weight excluding hydrogens is 289 g/mol. The van der Waals surface area contributed by atoms with Crippen LogP contribution in [0.25, 0.3) is 0 Å². The van der Waals surface area contributed by atoms with Crippen LogP contribution in [0, 0.1) is 0 Å². The van der Waals surface area contributed by atoms with Gasteiger partial charge in [-0.1, -0.05) is 18.2 Å². The van der Waals surface area contributed by atoms with Crippen molar-refractivity contribution >= 4 is 22.9 Å². The van der Waals surface area contributed by atoms with E-state index < -0.39 is 0 Å². The largest absolute Gasteiger partial charge is 0.490 e. The van der Waals surface area contributed by atoms with Gasteiger partial charge in [0.1, 0.15) is 11.9 Å². The molecule has 1 aromatic rings. The van der Waals surface area contributed by atoms with Crippen molar-refractivity contribution in [2.24, 2.45) is 0 Å². The average molecular weight is 303 g/mol. The zero-order valence-electron chi connectivity index (χ0n) is 8.03. The predicted molar refractivity (Wildman–Crippen MR) is 65.7 cm³/mol. The lowest BCUT2D eigenvalue weighted by Crippen LogP contribution is -2.32. The quantitative estimate of drug-likeness (QED) is 0.615. The van der Waals surface area contributed by atoms with Gasteiger partial charge in [0, 0.05) is 36.0 Å². The van der Waals surface area contributed by atoms with Crippen molar-refractivity contribution < 1.29 is 4.74 Å². The Morgan fingerprint density at radius 1 is 1.14 bits per heavy atom. The fourth-order valence-electron chi connectivity index (χ4n) is 1.63. The Morgan fingerprint density at radius 2 is 1.79 bits per heavy atom. The Bertz CT molecular complexity index is 270. The highest BCUT2D eigenvalue weighted by molar-refractivity contribution is 14.1. The smallest absolute Gasteiger partial charge is 0.119 e. The Morgan fingerprint density at radius 3 is 2.43 bits per heavy atom. The minimum Gasteiger partial charge on any atom is -0.490 e. The summed E-state index contributed by atoms with van der Waals surface area (Å²) in [5, 5.41) is 0. The van der Waals surface area contributed by atoms with Gasteiger partial charge in [-0.05, 0) is 25.0 Å². The summed E-state index contributed by atoms with van der Waals surface area (Å²) in [7, 11) is 0. The molecule has 0 atom stereocenters. The summed E-state index contributed by atoms with van der Waals surface area (Å²) in [6.45, 7) is 2.27. The summed E-state index contributed by atoms with van der Waals surface area (Å²) in [5.74, 6) is 0.999. The molecule has 0 amide bonds. The molecule has 1 heterocycles. The van der Waals surface area contributed by atoms with Gasteiger partial charge in [-0.3, -0.25) is 0 Å². The summed E-state index contributed by atoms with van der Waals surface area (Å²) < 4.78 is 8.20. The molecule has 0 aromatic heterocycles. The van der Waals surface area contributed by atoms with E-state index in [2.05, 4.69) is 26.0 Å². The summed E-state index contributed by atoms with van der Waals surface area (Å²) in [6, 6.07) is 10.1. The molecule has 0 spiro atoms. The molecule has 14 heavy (non-hydrogen) atoms. The molecule has 0 aliphatic carbocycles. The topological polar surface area (TPSA) is 12.5 Å².